The minimum atomic E-state index is -0.734. The molecular formula is C11H17NO5. The second-order valence-electron chi connectivity index (χ2n) is 3.73. The lowest BCUT2D eigenvalue weighted by molar-refractivity contribution is -0.163. The van der Waals surface area contributed by atoms with E-state index in [-0.39, 0.29) is 32.1 Å². The van der Waals surface area contributed by atoms with Crippen molar-refractivity contribution in [2.45, 2.75) is 20.3 Å². The van der Waals surface area contributed by atoms with Crippen molar-refractivity contribution in [1.82, 2.24) is 5.32 Å². The Hall–Kier alpha value is -1.59. The zero-order chi connectivity index (χ0) is 12.8. The van der Waals surface area contributed by atoms with Gasteiger partial charge in [-0.15, -0.1) is 0 Å². The third-order valence-electron chi connectivity index (χ3n) is 2.59. The van der Waals surface area contributed by atoms with Crippen molar-refractivity contribution in [3.05, 3.63) is 0 Å². The lowest BCUT2D eigenvalue weighted by Crippen LogP contribution is -2.47. The molecule has 1 fully saturated rings. The molecule has 0 radical (unpaired) electrons. The first-order valence-electron chi connectivity index (χ1n) is 5.70. The number of carbonyl (C=O) groups is 3. The highest BCUT2D eigenvalue weighted by Crippen LogP contribution is 2.22. The normalized spacial score (nSPS) is 23.8. The van der Waals surface area contributed by atoms with Crippen LogP contribution in [0.25, 0.3) is 0 Å². The van der Waals surface area contributed by atoms with Crippen LogP contribution in [0.3, 0.4) is 0 Å². The first-order valence-corrected chi connectivity index (χ1v) is 5.70. The molecule has 0 unspecified atom stereocenters. The van der Waals surface area contributed by atoms with Gasteiger partial charge in [0.2, 0.25) is 5.91 Å². The Morgan fingerprint density at radius 1 is 1.18 bits per heavy atom. The van der Waals surface area contributed by atoms with Gasteiger partial charge in [0.05, 0.1) is 25.0 Å². The summed E-state index contributed by atoms with van der Waals surface area (Å²) in [5, 5.41) is 2.55. The van der Waals surface area contributed by atoms with Crippen LogP contribution >= 0.6 is 0 Å². The molecule has 0 aromatic heterocycles. The Morgan fingerprint density at radius 2 is 1.71 bits per heavy atom. The maximum Gasteiger partial charge on any atom is 0.311 e. The molecule has 96 valence electrons. The van der Waals surface area contributed by atoms with E-state index >= 15 is 0 Å². The number of piperidine rings is 1. The Balaban J connectivity index is 2.74. The first kappa shape index (κ1) is 13.5. The minimum absolute atomic E-state index is 0.0255. The average molecular weight is 243 g/mol. The van der Waals surface area contributed by atoms with Crippen molar-refractivity contribution in [1.29, 1.82) is 0 Å². The summed E-state index contributed by atoms with van der Waals surface area (Å²) in [6, 6.07) is 0. The fraction of sp³-hybridized carbons (Fsp3) is 0.727. The topological polar surface area (TPSA) is 81.7 Å². The summed E-state index contributed by atoms with van der Waals surface area (Å²) in [4.78, 5) is 34.5. The van der Waals surface area contributed by atoms with Gasteiger partial charge in [-0.1, -0.05) is 0 Å². The molecule has 1 saturated heterocycles. The van der Waals surface area contributed by atoms with Crippen LogP contribution in [0.1, 0.15) is 20.3 Å². The summed E-state index contributed by atoms with van der Waals surface area (Å²) in [5.74, 6) is -2.61. The predicted molar refractivity (Wildman–Crippen MR) is 57.9 cm³/mol. The van der Waals surface area contributed by atoms with Crippen molar-refractivity contribution in [2.75, 3.05) is 19.8 Å². The maximum absolute atomic E-state index is 11.7. The van der Waals surface area contributed by atoms with Gasteiger partial charge in [-0.2, -0.15) is 0 Å². The largest absolute Gasteiger partial charge is 0.466 e. The third kappa shape index (κ3) is 3.44. The Kier molecular flexibility index (Phi) is 4.93. The van der Waals surface area contributed by atoms with Gasteiger partial charge in [-0.25, -0.2) is 0 Å². The van der Waals surface area contributed by atoms with E-state index in [4.69, 9.17) is 9.47 Å². The van der Waals surface area contributed by atoms with Crippen molar-refractivity contribution in [2.24, 2.45) is 11.8 Å². The van der Waals surface area contributed by atoms with Crippen LogP contribution in [0.4, 0.5) is 0 Å². The number of rotatable bonds is 4. The highest BCUT2D eigenvalue weighted by atomic mass is 16.5. The fourth-order valence-corrected chi connectivity index (χ4v) is 1.77. The number of hydrogen-bond acceptors (Lipinski definition) is 5. The van der Waals surface area contributed by atoms with E-state index in [0.717, 1.165) is 0 Å². The molecule has 6 heteroatoms. The molecule has 0 aliphatic carbocycles. The van der Waals surface area contributed by atoms with E-state index in [9.17, 15) is 14.4 Å². The summed E-state index contributed by atoms with van der Waals surface area (Å²) >= 11 is 0. The molecule has 6 nitrogen and oxygen atoms in total. The molecule has 1 amide bonds. The van der Waals surface area contributed by atoms with Crippen molar-refractivity contribution in [3.8, 4) is 0 Å². The van der Waals surface area contributed by atoms with Gasteiger partial charge in [-0.05, 0) is 13.8 Å². The van der Waals surface area contributed by atoms with Crippen molar-refractivity contribution in [3.63, 3.8) is 0 Å². The lowest BCUT2D eigenvalue weighted by atomic mass is 9.86. The van der Waals surface area contributed by atoms with Gasteiger partial charge >= 0.3 is 11.9 Å². The number of amides is 1. The fourth-order valence-electron chi connectivity index (χ4n) is 1.77. The molecule has 2 atom stereocenters. The zero-order valence-electron chi connectivity index (χ0n) is 10.0. The van der Waals surface area contributed by atoms with E-state index in [1.165, 1.54) is 0 Å². The van der Waals surface area contributed by atoms with Crippen LogP contribution < -0.4 is 5.32 Å². The molecule has 1 aliphatic heterocycles. The van der Waals surface area contributed by atoms with E-state index < -0.39 is 23.8 Å². The molecule has 1 heterocycles. The van der Waals surface area contributed by atoms with Gasteiger partial charge in [0, 0.05) is 13.0 Å². The molecular weight excluding hydrogens is 226 g/mol. The SMILES string of the molecule is CCOC(=O)[C@H]1CC(=O)NC[C@H]1C(=O)OCC. The Labute approximate surface area is 99.6 Å². The van der Waals surface area contributed by atoms with Gasteiger partial charge in [-0.3, -0.25) is 14.4 Å². The van der Waals surface area contributed by atoms with Crippen molar-refractivity contribution < 1.29 is 23.9 Å². The monoisotopic (exact) mass is 243 g/mol. The molecule has 0 bridgehead atoms. The summed E-state index contributed by atoms with van der Waals surface area (Å²) in [6.45, 7) is 3.98. The summed E-state index contributed by atoms with van der Waals surface area (Å²) in [7, 11) is 0. The Morgan fingerprint density at radius 3 is 2.24 bits per heavy atom. The minimum Gasteiger partial charge on any atom is -0.466 e. The average Bonchev–Trinajstić information content (AvgIpc) is 2.29. The lowest BCUT2D eigenvalue weighted by Gasteiger charge is -2.28. The third-order valence-corrected chi connectivity index (χ3v) is 2.59. The molecule has 0 aromatic rings. The van der Waals surface area contributed by atoms with Crippen LogP contribution in [0, 0.1) is 11.8 Å². The molecule has 0 aromatic carbocycles. The molecule has 0 saturated carbocycles. The second-order valence-corrected chi connectivity index (χ2v) is 3.73. The van der Waals surface area contributed by atoms with Gasteiger partial charge < -0.3 is 14.8 Å². The number of nitrogens with one attached hydrogen (secondary N) is 1. The quantitative estimate of drug-likeness (QED) is 0.695. The predicted octanol–water partition coefficient (Wildman–Crippen LogP) is -0.135. The van der Waals surface area contributed by atoms with E-state index in [1.54, 1.807) is 13.8 Å². The number of carbonyl (C=O) groups excluding carboxylic acids is 3. The van der Waals surface area contributed by atoms with Crippen molar-refractivity contribution >= 4 is 17.8 Å². The van der Waals surface area contributed by atoms with E-state index in [2.05, 4.69) is 5.32 Å². The summed E-state index contributed by atoms with van der Waals surface area (Å²) < 4.78 is 9.74. The van der Waals surface area contributed by atoms with Crippen LogP contribution in [-0.2, 0) is 23.9 Å². The van der Waals surface area contributed by atoms with Crippen LogP contribution in [-0.4, -0.2) is 37.6 Å². The number of ether oxygens (including phenoxy) is 2. The summed E-state index contributed by atoms with van der Waals surface area (Å²) in [5.41, 5.74) is 0. The standard InChI is InChI=1S/C11H17NO5/c1-3-16-10(14)7-5-9(13)12-6-8(7)11(15)17-4-2/h7-8H,3-6H2,1-2H3,(H,12,13)/t7-,8+/m0/s1. The van der Waals surface area contributed by atoms with E-state index in [1.807, 2.05) is 0 Å². The molecule has 1 rings (SSSR count). The molecule has 1 aliphatic rings. The number of esters is 2. The van der Waals surface area contributed by atoms with Crippen LogP contribution in [0.15, 0.2) is 0 Å². The highest BCUT2D eigenvalue weighted by Gasteiger charge is 2.40. The van der Waals surface area contributed by atoms with Gasteiger partial charge in [0.1, 0.15) is 0 Å². The smallest absolute Gasteiger partial charge is 0.311 e. The zero-order valence-corrected chi connectivity index (χ0v) is 10.0. The maximum atomic E-state index is 11.7. The van der Waals surface area contributed by atoms with Gasteiger partial charge in [0.15, 0.2) is 0 Å². The summed E-state index contributed by atoms with van der Waals surface area (Å²) in [6.07, 6.45) is -0.0255. The second kappa shape index (κ2) is 6.22. The van der Waals surface area contributed by atoms with Gasteiger partial charge in [0.25, 0.3) is 0 Å². The van der Waals surface area contributed by atoms with Crippen LogP contribution in [0.2, 0.25) is 0 Å². The number of hydrogen-bond donors (Lipinski definition) is 1. The van der Waals surface area contributed by atoms with E-state index in [0.29, 0.717) is 0 Å². The molecule has 1 N–H and O–H groups in total. The molecule has 0 spiro atoms. The first-order chi connectivity index (χ1) is 8.10. The Bertz CT molecular complexity index is 315. The highest BCUT2D eigenvalue weighted by molar-refractivity contribution is 5.89. The van der Waals surface area contributed by atoms with Crippen LogP contribution in [0.5, 0.6) is 0 Å². The molecule has 17 heavy (non-hydrogen) atoms.